The van der Waals surface area contributed by atoms with Crippen molar-refractivity contribution in [1.82, 2.24) is 0 Å². The molecule has 0 aromatic heterocycles. The molecular formula is C12H23B3. The van der Waals surface area contributed by atoms with Crippen LogP contribution >= 0.6 is 0 Å². The Kier molecular flexibility index (Phi) is 7.37. The number of hydrogen-bond acceptors (Lipinski definition) is 0. The fourth-order valence-electron chi connectivity index (χ4n) is 1.31. The predicted molar refractivity (Wildman–Crippen MR) is 79.1 cm³/mol. The molecular weight excluding hydrogens is 177 g/mol. The lowest BCUT2D eigenvalue weighted by Crippen LogP contribution is -2.08. The van der Waals surface area contributed by atoms with Gasteiger partial charge in [-0.1, -0.05) is 39.8 Å². The molecule has 0 aliphatic heterocycles. The predicted octanol–water partition coefficient (Wildman–Crippen LogP) is 1.85. The molecule has 0 aliphatic carbocycles. The van der Waals surface area contributed by atoms with Crippen LogP contribution in [-0.2, 0) is 0 Å². The summed E-state index contributed by atoms with van der Waals surface area (Å²) in [6.07, 6.45) is 4.60. The van der Waals surface area contributed by atoms with E-state index in [9.17, 15) is 0 Å². The van der Waals surface area contributed by atoms with E-state index < -0.39 is 0 Å². The third kappa shape index (κ3) is 9.71. The van der Waals surface area contributed by atoms with Gasteiger partial charge in [0.05, 0.1) is 0 Å². The van der Waals surface area contributed by atoms with E-state index in [1.54, 1.807) is 0 Å². The van der Waals surface area contributed by atoms with E-state index in [1.165, 1.54) is 0 Å². The maximum Gasteiger partial charge on any atom is 0.171 e. The molecule has 15 heavy (non-hydrogen) atoms. The summed E-state index contributed by atoms with van der Waals surface area (Å²) < 4.78 is 0. The van der Waals surface area contributed by atoms with Crippen LogP contribution in [0.2, 0.25) is 5.31 Å². The van der Waals surface area contributed by atoms with Gasteiger partial charge >= 0.3 is 0 Å². The van der Waals surface area contributed by atoms with Crippen LogP contribution in [0.15, 0.2) is 36.1 Å². The van der Waals surface area contributed by atoms with Crippen LogP contribution in [0.25, 0.3) is 0 Å². The van der Waals surface area contributed by atoms with Crippen molar-refractivity contribution < 1.29 is 0 Å². The van der Waals surface area contributed by atoms with E-state index in [0.717, 1.165) is 14.6 Å². The standard InChI is InChI=1S/C12H23B3/c1-11(2)5-8-15-12(3,4)6-9-14-10-7-13/h5-11,14-15H,13H2,1-4H3. The summed E-state index contributed by atoms with van der Waals surface area (Å²) in [6.45, 7) is 8.99. The van der Waals surface area contributed by atoms with Crippen molar-refractivity contribution in [2.45, 2.75) is 33.0 Å². The van der Waals surface area contributed by atoms with E-state index in [4.69, 9.17) is 0 Å². The zero-order valence-corrected chi connectivity index (χ0v) is 11.0. The lowest BCUT2D eigenvalue weighted by atomic mass is 9.53. The summed E-state index contributed by atoms with van der Waals surface area (Å²) in [4.78, 5) is 0. The van der Waals surface area contributed by atoms with Crippen molar-refractivity contribution in [2.75, 3.05) is 0 Å². The molecule has 0 saturated heterocycles. The molecule has 80 valence electrons. The first kappa shape index (κ1) is 14.4. The molecule has 0 rings (SSSR count). The van der Waals surface area contributed by atoms with E-state index in [1.807, 2.05) is 0 Å². The second-order valence-corrected chi connectivity index (χ2v) is 5.07. The van der Waals surface area contributed by atoms with E-state index in [-0.39, 0.29) is 5.31 Å². The molecule has 3 heteroatoms. The quantitative estimate of drug-likeness (QED) is 0.573. The first-order valence-corrected chi connectivity index (χ1v) is 5.93. The minimum atomic E-state index is 0.285. The summed E-state index contributed by atoms with van der Waals surface area (Å²) in [5.74, 6) is 9.48. The van der Waals surface area contributed by atoms with Crippen LogP contribution in [0.5, 0.6) is 0 Å². The molecule has 0 heterocycles. The van der Waals surface area contributed by atoms with Gasteiger partial charge in [0.2, 0.25) is 0 Å². The first-order chi connectivity index (χ1) is 6.98. The average molecular weight is 200 g/mol. The molecule has 0 bridgehead atoms. The van der Waals surface area contributed by atoms with Gasteiger partial charge < -0.3 is 0 Å². The summed E-state index contributed by atoms with van der Waals surface area (Å²) in [7, 11) is 4.23. The van der Waals surface area contributed by atoms with E-state index >= 15 is 0 Å². The number of rotatable bonds is 6. The Hall–Kier alpha value is -0.585. The van der Waals surface area contributed by atoms with Crippen molar-refractivity contribution in [1.29, 1.82) is 0 Å². The van der Waals surface area contributed by atoms with Gasteiger partial charge in [0.25, 0.3) is 0 Å². The first-order valence-electron chi connectivity index (χ1n) is 5.93. The Bertz CT molecular complexity index is 237. The summed E-state index contributed by atoms with van der Waals surface area (Å²) >= 11 is 0. The normalized spacial score (nSPS) is 13.4. The Morgan fingerprint density at radius 3 is 2.33 bits per heavy atom. The minimum absolute atomic E-state index is 0.285. The van der Waals surface area contributed by atoms with Crippen molar-refractivity contribution in [3.8, 4) is 0 Å². The second kappa shape index (κ2) is 7.67. The van der Waals surface area contributed by atoms with Gasteiger partial charge in [0, 0.05) is 0 Å². The lowest BCUT2D eigenvalue weighted by molar-refractivity contribution is 0.828. The molecule has 0 saturated carbocycles. The van der Waals surface area contributed by atoms with E-state index in [0.29, 0.717) is 5.92 Å². The topological polar surface area (TPSA) is 0 Å². The fourth-order valence-corrected chi connectivity index (χ4v) is 1.31. The highest BCUT2D eigenvalue weighted by atomic mass is 14.0. The van der Waals surface area contributed by atoms with Crippen LogP contribution in [0, 0.1) is 5.92 Å². The van der Waals surface area contributed by atoms with Crippen LogP contribution < -0.4 is 0 Å². The number of hydrogen-bond donors (Lipinski definition) is 0. The van der Waals surface area contributed by atoms with Gasteiger partial charge in [0.1, 0.15) is 7.85 Å². The fraction of sp³-hybridized carbons (Fsp3) is 0.500. The van der Waals surface area contributed by atoms with Gasteiger partial charge in [-0.3, -0.25) is 0 Å². The van der Waals surface area contributed by atoms with Crippen molar-refractivity contribution >= 4 is 22.4 Å². The maximum atomic E-state index is 2.32. The van der Waals surface area contributed by atoms with Gasteiger partial charge in [-0.25, -0.2) is 0 Å². The van der Waals surface area contributed by atoms with Crippen molar-refractivity contribution in [3.05, 3.63) is 36.1 Å². The zero-order valence-electron chi connectivity index (χ0n) is 11.0. The summed E-state index contributed by atoms with van der Waals surface area (Å²) in [5.41, 5.74) is 0. The van der Waals surface area contributed by atoms with Crippen LogP contribution in [0.4, 0.5) is 0 Å². The monoisotopic (exact) mass is 200 g/mol. The smallest absolute Gasteiger partial charge is 0.136 e. The molecule has 0 aromatic carbocycles. The maximum absolute atomic E-state index is 2.32. The van der Waals surface area contributed by atoms with Crippen LogP contribution in [-0.4, -0.2) is 22.4 Å². The summed E-state index contributed by atoms with van der Waals surface area (Å²) in [6, 6.07) is 0. The second-order valence-electron chi connectivity index (χ2n) is 5.07. The number of allylic oxidation sites excluding steroid dienone is 2. The minimum Gasteiger partial charge on any atom is -0.136 e. The van der Waals surface area contributed by atoms with Crippen molar-refractivity contribution in [3.63, 3.8) is 0 Å². The van der Waals surface area contributed by atoms with Gasteiger partial charge in [-0.15, -0.1) is 23.9 Å². The third-order valence-corrected chi connectivity index (χ3v) is 2.24. The third-order valence-electron chi connectivity index (χ3n) is 2.24. The molecule has 0 radical (unpaired) electrons. The zero-order chi connectivity index (χ0) is 11.7. The van der Waals surface area contributed by atoms with Crippen LogP contribution in [0.3, 0.4) is 0 Å². The van der Waals surface area contributed by atoms with Crippen molar-refractivity contribution in [2.24, 2.45) is 5.92 Å². The highest BCUT2D eigenvalue weighted by Crippen LogP contribution is 2.24. The summed E-state index contributed by atoms with van der Waals surface area (Å²) in [5, 5.41) is 0.285. The SMILES string of the molecule is BC=CBC=CC(C)(C)BC=CC(C)C. The largest absolute Gasteiger partial charge is 0.171 e. The molecule has 0 fully saturated rings. The molecule has 0 unspecified atom stereocenters. The Morgan fingerprint density at radius 1 is 1.13 bits per heavy atom. The Labute approximate surface area is 97.8 Å². The van der Waals surface area contributed by atoms with Gasteiger partial charge in [-0.05, 0) is 11.2 Å². The molecule has 0 aromatic rings. The molecule has 0 amide bonds. The Balaban J connectivity index is 4.00. The lowest BCUT2D eigenvalue weighted by Gasteiger charge is -2.16. The highest BCUT2D eigenvalue weighted by Gasteiger charge is 2.12. The molecule has 0 atom stereocenters. The highest BCUT2D eigenvalue weighted by molar-refractivity contribution is 6.50. The van der Waals surface area contributed by atoms with Crippen LogP contribution in [0.1, 0.15) is 27.7 Å². The molecule has 0 nitrogen and oxygen atoms in total. The average Bonchev–Trinajstić information content (AvgIpc) is 2.11. The molecule has 0 N–H and O–H groups in total. The molecule has 0 aliphatic rings. The van der Waals surface area contributed by atoms with Gasteiger partial charge in [-0.2, -0.15) is 0 Å². The van der Waals surface area contributed by atoms with Gasteiger partial charge in [0.15, 0.2) is 14.6 Å². The molecule has 0 spiro atoms. The Morgan fingerprint density at radius 2 is 1.80 bits per heavy atom. The van der Waals surface area contributed by atoms with E-state index in [2.05, 4.69) is 71.6 Å².